The van der Waals surface area contributed by atoms with E-state index in [0.29, 0.717) is 5.82 Å². The van der Waals surface area contributed by atoms with Crippen LogP contribution in [0.15, 0.2) is 18.5 Å². The van der Waals surface area contributed by atoms with Crippen molar-refractivity contribution in [2.45, 2.75) is 26.8 Å². The molecule has 0 fully saturated rings. The number of aromatic nitrogens is 4. The van der Waals surface area contributed by atoms with Gasteiger partial charge in [-0.15, -0.1) is 0 Å². The summed E-state index contributed by atoms with van der Waals surface area (Å²) >= 11 is 0. The number of hydrogen-bond acceptors (Lipinski definition) is 4. The molecule has 0 atom stereocenters. The molecular formula is C11H15N5. The summed E-state index contributed by atoms with van der Waals surface area (Å²) in [5, 5.41) is 0. The van der Waals surface area contributed by atoms with Crippen molar-refractivity contribution in [3.8, 4) is 11.5 Å². The predicted octanol–water partition coefficient (Wildman–Crippen LogP) is 1.50. The predicted molar refractivity (Wildman–Crippen MR) is 62.7 cm³/mol. The van der Waals surface area contributed by atoms with Crippen LogP contribution < -0.4 is 5.73 Å². The van der Waals surface area contributed by atoms with Gasteiger partial charge in [0.1, 0.15) is 17.3 Å². The van der Waals surface area contributed by atoms with Gasteiger partial charge in [0.05, 0.1) is 0 Å². The summed E-state index contributed by atoms with van der Waals surface area (Å²) in [6.45, 7) is 4.93. The molecule has 0 saturated heterocycles. The maximum absolute atomic E-state index is 5.74. The lowest BCUT2D eigenvalue weighted by Crippen LogP contribution is -2.03. The third kappa shape index (κ3) is 1.88. The first-order valence-corrected chi connectivity index (χ1v) is 5.39. The van der Waals surface area contributed by atoms with Crippen molar-refractivity contribution in [1.82, 2.24) is 19.5 Å². The van der Waals surface area contributed by atoms with Crippen molar-refractivity contribution in [1.29, 1.82) is 0 Å². The molecule has 2 heterocycles. The van der Waals surface area contributed by atoms with E-state index in [0.717, 1.165) is 30.3 Å². The van der Waals surface area contributed by atoms with Gasteiger partial charge in [-0.25, -0.2) is 15.0 Å². The molecular weight excluding hydrogens is 202 g/mol. The maximum Gasteiger partial charge on any atom is 0.158 e. The number of nitrogens with zero attached hydrogens (tertiary/aromatic N) is 4. The van der Waals surface area contributed by atoms with Crippen LogP contribution in [0.2, 0.25) is 0 Å². The Bertz CT molecular complexity index is 489. The standard InChI is InChI=1S/C11H15N5/c1-3-10-14-8(7-9(12)15-10)11-13-5-6-16(11)4-2/h5-7H,3-4H2,1-2H3,(H2,12,14,15). The molecule has 0 saturated carbocycles. The van der Waals surface area contributed by atoms with Crippen LogP contribution in [-0.2, 0) is 13.0 Å². The Balaban J connectivity index is 2.51. The van der Waals surface area contributed by atoms with Crippen molar-refractivity contribution in [3.63, 3.8) is 0 Å². The van der Waals surface area contributed by atoms with E-state index < -0.39 is 0 Å². The van der Waals surface area contributed by atoms with Crippen LogP contribution >= 0.6 is 0 Å². The second kappa shape index (κ2) is 4.30. The van der Waals surface area contributed by atoms with Gasteiger partial charge in [-0.1, -0.05) is 6.92 Å². The van der Waals surface area contributed by atoms with Crippen molar-refractivity contribution in [2.75, 3.05) is 5.73 Å². The smallest absolute Gasteiger partial charge is 0.158 e. The van der Waals surface area contributed by atoms with E-state index in [4.69, 9.17) is 5.73 Å². The van der Waals surface area contributed by atoms with Gasteiger partial charge < -0.3 is 10.3 Å². The zero-order valence-electron chi connectivity index (χ0n) is 9.51. The van der Waals surface area contributed by atoms with Gasteiger partial charge in [0.2, 0.25) is 0 Å². The van der Waals surface area contributed by atoms with E-state index in [9.17, 15) is 0 Å². The Hall–Kier alpha value is -1.91. The molecule has 0 spiro atoms. The van der Waals surface area contributed by atoms with E-state index in [2.05, 4.69) is 21.9 Å². The summed E-state index contributed by atoms with van der Waals surface area (Å²) in [7, 11) is 0. The fourth-order valence-corrected chi connectivity index (χ4v) is 1.59. The summed E-state index contributed by atoms with van der Waals surface area (Å²) in [4.78, 5) is 12.9. The number of aryl methyl sites for hydroxylation is 2. The third-order valence-corrected chi connectivity index (χ3v) is 2.39. The van der Waals surface area contributed by atoms with Gasteiger partial charge in [0.25, 0.3) is 0 Å². The molecule has 2 aromatic heterocycles. The molecule has 0 aliphatic heterocycles. The Morgan fingerprint density at radius 3 is 2.81 bits per heavy atom. The summed E-state index contributed by atoms with van der Waals surface area (Å²) < 4.78 is 2.03. The summed E-state index contributed by atoms with van der Waals surface area (Å²) in [5.74, 6) is 2.08. The SMILES string of the molecule is CCc1nc(N)cc(-c2nccn2CC)n1. The summed E-state index contributed by atoms with van der Waals surface area (Å²) in [5.41, 5.74) is 6.53. The highest BCUT2D eigenvalue weighted by atomic mass is 15.1. The summed E-state index contributed by atoms with van der Waals surface area (Å²) in [6, 6.07) is 1.76. The molecule has 84 valence electrons. The lowest BCUT2D eigenvalue weighted by molar-refractivity contribution is 0.766. The number of anilines is 1. The molecule has 2 rings (SSSR count). The Labute approximate surface area is 94.4 Å². The topological polar surface area (TPSA) is 69.6 Å². The third-order valence-electron chi connectivity index (χ3n) is 2.39. The molecule has 0 aromatic carbocycles. The fraction of sp³-hybridized carbons (Fsp3) is 0.364. The molecule has 0 aliphatic carbocycles. The monoisotopic (exact) mass is 217 g/mol. The minimum atomic E-state index is 0.493. The second-order valence-corrected chi connectivity index (χ2v) is 3.48. The zero-order valence-corrected chi connectivity index (χ0v) is 9.51. The number of imidazole rings is 1. The molecule has 16 heavy (non-hydrogen) atoms. The highest BCUT2D eigenvalue weighted by molar-refractivity contribution is 5.54. The van der Waals surface area contributed by atoms with Crippen LogP contribution in [0.1, 0.15) is 19.7 Å². The molecule has 2 aromatic rings. The van der Waals surface area contributed by atoms with Crippen LogP contribution in [0.5, 0.6) is 0 Å². The van der Waals surface area contributed by atoms with E-state index in [-0.39, 0.29) is 0 Å². The first-order valence-electron chi connectivity index (χ1n) is 5.39. The second-order valence-electron chi connectivity index (χ2n) is 3.48. The van der Waals surface area contributed by atoms with Gasteiger partial charge in [-0.2, -0.15) is 0 Å². The number of hydrogen-bond donors (Lipinski definition) is 1. The highest BCUT2D eigenvalue weighted by Crippen LogP contribution is 2.17. The van der Waals surface area contributed by atoms with E-state index in [1.165, 1.54) is 0 Å². The van der Waals surface area contributed by atoms with Gasteiger partial charge >= 0.3 is 0 Å². The quantitative estimate of drug-likeness (QED) is 0.846. The average molecular weight is 217 g/mol. The highest BCUT2D eigenvalue weighted by Gasteiger charge is 2.08. The van der Waals surface area contributed by atoms with Gasteiger partial charge in [-0.3, -0.25) is 0 Å². The molecule has 5 heteroatoms. The van der Waals surface area contributed by atoms with E-state index in [1.54, 1.807) is 12.3 Å². The molecule has 0 amide bonds. The minimum absolute atomic E-state index is 0.493. The zero-order chi connectivity index (χ0) is 11.5. The largest absolute Gasteiger partial charge is 0.384 e. The number of rotatable bonds is 3. The maximum atomic E-state index is 5.74. The van der Waals surface area contributed by atoms with Crippen LogP contribution in [0.25, 0.3) is 11.5 Å². The Morgan fingerprint density at radius 2 is 2.12 bits per heavy atom. The Morgan fingerprint density at radius 1 is 1.31 bits per heavy atom. The van der Waals surface area contributed by atoms with Crippen molar-refractivity contribution in [3.05, 3.63) is 24.3 Å². The van der Waals surface area contributed by atoms with Crippen molar-refractivity contribution >= 4 is 5.82 Å². The number of nitrogens with two attached hydrogens (primary N) is 1. The van der Waals surface area contributed by atoms with E-state index in [1.807, 2.05) is 17.7 Å². The van der Waals surface area contributed by atoms with Gasteiger partial charge in [-0.05, 0) is 6.92 Å². The minimum Gasteiger partial charge on any atom is -0.384 e. The van der Waals surface area contributed by atoms with Gasteiger partial charge in [0, 0.05) is 31.4 Å². The Kier molecular flexibility index (Phi) is 2.85. The van der Waals surface area contributed by atoms with Crippen LogP contribution in [0.4, 0.5) is 5.82 Å². The average Bonchev–Trinajstić information content (AvgIpc) is 2.76. The molecule has 0 aliphatic rings. The van der Waals surface area contributed by atoms with E-state index >= 15 is 0 Å². The van der Waals surface area contributed by atoms with Gasteiger partial charge in [0.15, 0.2) is 5.82 Å². The lowest BCUT2D eigenvalue weighted by Gasteiger charge is -2.06. The van der Waals surface area contributed by atoms with Crippen LogP contribution in [-0.4, -0.2) is 19.5 Å². The fourth-order valence-electron chi connectivity index (χ4n) is 1.59. The van der Waals surface area contributed by atoms with Crippen LogP contribution in [0.3, 0.4) is 0 Å². The van der Waals surface area contributed by atoms with Crippen LogP contribution in [0, 0.1) is 0 Å². The van der Waals surface area contributed by atoms with Crippen molar-refractivity contribution in [2.24, 2.45) is 0 Å². The molecule has 2 N–H and O–H groups in total. The summed E-state index contributed by atoms with van der Waals surface area (Å²) in [6.07, 6.45) is 4.47. The first kappa shape index (κ1) is 10.6. The molecule has 5 nitrogen and oxygen atoms in total. The normalized spacial score (nSPS) is 10.6. The first-order chi connectivity index (χ1) is 7.74. The molecule has 0 radical (unpaired) electrons. The number of nitrogen functional groups attached to an aromatic ring is 1. The molecule has 0 unspecified atom stereocenters. The lowest BCUT2D eigenvalue weighted by atomic mass is 10.3. The molecule has 0 bridgehead atoms. The van der Waals surface area contributed by atoms with Crippen molar-refractivity contribution < 1.29 is 0 Å².